The molecule has 0 bridgehead atoms. The smallest absolute Gasteiger partial charge is 0.180 e. The van der Waals surface area contributed by atoms with Gasteiger partial charge >= 0.3 is 0 Å². The van der Waals surface area contributed by atoms with Crippen LogP contribution in [0.5, 0.6) is 0 Å². The van der Waals surface area contributed by atoms with Crippen molar-refractivity contribution in [2.75, 3.05) is 5.73 Å². The van der Waals surface area contributed by atoms with Crippen molar-refractivity contribution in [3.63, 3.8) is 0 Å². The number of nitrogens with two attached hydrogens (primary N) is 1. The normalized spacial score (nSPS) is 10.2. The lowest BCUT2D eigenvalue weighted by molar-refractivity contribution is 1.11. The SMILES string of the molecule is Cc1cnc(-c2csc(N)n2)cn1. The van der Waals surface area contributed by atoms with Crippen LogP contribution in [0, 0.1) is 6.92 Å². The minimum Gasteiger partial charge on any atom is -0.375 e. The number of nitrogens with zero attached hydrogens (tertiary/aromatic N) is 3. The Bertz CT molecular complexity index is 406. The molecule has 0 unspecified atom stereocenters. The van der Waals surface area contributed by atoms with E-state index >= 15 is 0 Å². The minimum absolute atomic E-state index is 0.553. The number of rotatable bonds is 1. The van der Waals surface area contributed by atoms with E-state index in [1.165, 1.54) is 11.3 Å². The quantitative estimate of drug-likeness (QED) is 0.743. The number of anilines is 1. The van der Waals surface area contributed by atoms with Gasteiger partial charge in [0.25, 0.3) is 0 Å². The highest BCUT2D eigenvalue weighted by molar-refractivity contribution is 7.13. The van der Waals surface area contributed by atoms with E-state index in [9.17, 15) is 0 Å². The van der Waals surface area contributed by atoms with Gasteiger partial charge in [0.05, 0.1) is 11.9 Å². The zero-order chi connectivity index (χ0) is 9.26. The Kier molecular flexibility index (Phi) is 1.94. The van der Waals surface area contributed by atoms with Crippen molar-refractivity contribution >= 4 is 16.5 Å². The molecule has 0 radical (unpaired) electrons. The minimum atomic E-state index is 0.553. The summed E-state index contributed by atoms with van der Waals surface area (Å²) in [5.74, 6) is 0. The zero-order valence-corrected chi connectivity index (χ0v) is 7.88. The predicted molar refractivity (Wildman–Crippen MR) is 52.3 cm³/mol. The van der Waals surface area contributed by atoms with E-state index in [1.54, 1.807) is 12.4 Å². The molecule has 4 nitrogen and oxygen atoms in total. The highest BCUT2D eigenvalue weighted by atomic mass is 32.1. The van der Waals surface area contributed by atoms with Crippen molar-refractivity contribution in [3.05, 3.63) is 23.5 Å². The van der Waals surface area contributed by atoms with Crippen LogP contribution in [0.4, 0.5) is 5.13 Å². The van der Waals surface area contributed by atoms with Crippen molar-refractivity contribution in [1.82, 2.24) is 15.0 Å². The summed E-state index contributed by atoms with van der Waals surface area (Å²) in [6, 6.07) is 0. The molecule has 2 aromatic rings. The van der Waals surface area contributed by atoms with Gasteiger partial charge in [0.15, 0.2) is 5.13 Å². The molecular formula is C8H8N4S. The van der Waals surface area contributed by atoms with Crippen molar-refractivity contribution in [2.24, 2.45) is 0 Å². The molecule has 66 valence electrons. The molecule has 0 aliphatic heterocycles. The van der Waals surface area contributed by atoms with Gasteiger partial charge in [-0.1, -0.05) is 0 Å². The van der Waals surface area contributed by atoms with Crippen LogP contribution in [-0.2, 0) is 0 Å². The molecule has 0 aliphatic rings. The Morgan fingerprint density at radius 2 is 2.08 bits per heavy atom. The first-order chi connectivity index (χ1) is 6.25. The second-order valence-electron chi connectivity index (χ2n) is 2.61. The van der Waals surface area contributed by atoms with Crippen molar-refractivity contribution in [2.45, 2.75) is 6.92 Å². The van der Waals surface area contributed by atoms with E-state index in [4.69, 9.17) is 5.73 Å². The van der Waals surface area contributed by atoms with Crippen LogP contribution in [0.1, 0.15) is 5.69 Å². The second-order valence-corrected chi connectivity index (χ2v) is 3.50. The van der Waals surface area contributed by atoms with Gasteiger partial charge in [-0.2, -0.15) is 0 Å². The Hall–Kier alpha value is -1.49. The van der Waals surface area contributed by atoms with E-state index in [0.717, 1.165) is 17.1 Å². The summed E-state index contributed by atoms with van der Waals surface area (Å²) in [4.78, 5) is 12.4. The summed E-state index contributed by atoms with van der Waals surface area (Å²) in [5.41, 5.74) is 7.95. The zero-order valence-electron chi connectivity index (χ0n) is 7.06. The fourth-order valence-corrected chi connectivity index (χ4v) is 1.49. The maximum atomic E-state index is 5.51. The predicted octanol–water partition coefficient (Wildman–Crippen LogP) is 1.49. The lowest BCUT2D eigenvalue weighted by Gasteiger charge is -1.94. The molecule has 0 fully saturated rings. The summed E-state index contributed by atoms with van der Waals surface area (Å²) >= 11 is 1.40. The summed E-state index contributed by atoms with van der Waals surface area (Å²) in [6.07, 6.45) is 3.41. The van der Waals surface area contributed by atoms with E-state index in [0.29, 0.717) is 5.13 Å². The lowest BCUT2D eigenvalue weighted by atomic mass is 10.3. The second kappa shape index (κ2) is 3.10. The van der Waals surface area contributed by atoms with Crippen molar-refractivity contribution < 1.29 is 0 Å². The number of aryl methyl sites for hydroxylation is 1. The first-order valence-corrected chi connectivity index (χ1v) is 4.64. The Labute approximate surface area is 79.5 Å². The van der Waals surface area contributed by atoms with Crippen LogP contribution < -0.4 is 5.73 Å². The molecule has 0 aromatic carbocycles. The molecule has 0 atom stereocenters. The third-order valence-corrected chi connectivity index (χ3v) is 2.24. The topological polar surface area (TPSA) is 64.7 Å². The van der Waals surface area contributed by atoms with E-state index in [1.807, 2.05) is 12.3 Å². The Morgan fingerprint density at radius 3 is 2.62 bits per heavy atom. The third kappa shape index (κ3) is 1.65. The molecule has 0 saturated heterocycles. The average molecular weight is 192 g/mol. The fourth-order valence-electron chi connectivity index (χ4n) is 0.930. The number of aromatic nitrogens is 3. The highest BCUT2D eigenvalue weighted by Gasteiger charge is 2.03. The number of thiazole rings is 1. The van der Waals surface area contributed by atoms with Gasteiger partial charge in [-0.3, -0.25) is 9.97 Å². The van der Waals surface area contributed by atoms with Crippen LogP contribution in [0.2, 0.25) is 0 Å². The van der Waals surface area contributed by atoms with Crippen LogP contribution >= 0.6 is 11.3 Å². The largest absolute Gasteiger partial charge is 0.375 e. The summed E-state index contributed by atoms with van der Waals surface area (Å²) in [6.45, 7) is 1.90. The van der Waals surface area contributed by atoms with Gasteiger partial charge in [-0.05, 0) is 6.92 Å². The van der Waals surface area contributed by atoms with E-state index in [-0.39, 0.29) is 0 Å². The highest BCUT2D eigenvalue weighted by Crippen LogP contribution is 2.20. The van der Waals surface area contributed by atoms with E-state index in [2.05, 4.69) is 15.0 Å². The van der Waals surface area contributed by atoms with Crippen molar-refractivity contribution in [1.29, 1.82) is 0 Å². The molecule has 2 rings (SSSR count). The maximum absolute atomic E-state index is 5.51. The summed E-state index contributed by atoms with van der Waals surface area (Å²) < 4.78 is 0. The molecule has 0 saturated carbocycles. The van der Waals surface area contributed by atoms with Gasteiger partial charge in [0.2, 0.25) is 0 Å². The van der Waals surface area contributed by atoms with Crippen LogP contribution in [0.15, 0.2) is 17.8 Å². The average Bonchev–Trinajstić information content (AvgIpc) is 2.53. The molecule has 5 heteroatoms. The monoisotopic (exact) mass is 192 g/mol. The van der Waals surface area contributed by atoms with Gasteiger partial charge in [-0.25, -0.2) is 4.98 Å². The van der Waals surface area contributed by atoms with Crippen LogP contribution in [0.3, 0.4) is 0 Å². The van der Waals surface area contributed by atoms with Gasteiger partial charge in [0.1, 0.15) is 11.4 Å². The van der Waals surface area contributed by atoms with E-state index < -0.39 is 0 Å². The summed E-state index contributed by atoms with van der Waals surface area (Å²) in [7, 11) is 0. The molecule has 2 heterocycles. The van der Waals surface area contributed by atoms with Gasteiger partial charge in [-0.15, -0.1) is 11.3 Å². The molecule has 0 amide bonds. The number of hydrogen-bond donors (Lipinski definition) is 1. The molecular weight excluding hydrogens is 184 g/mol. The lowest BCUT2D eigenvalue weighted by Crippen LogP contribution is -1.88. The summed E-state index contributed by atoms with van der Waals surface area (Å²) in [5, 5.41) is 2.42. The van der Waals surface area contributed by atoms with Crippen molar-refractivity contribution in [3.8, 4) is 11.4 Å². The number of hydrogen-bond acceptors (Lipinski definition) is 5. The number of nitrogen functional groups attached to an aromatic ring is 1. The standard InChI is InChI=1S/C8H8N4S/c1-5-2-11-6(3-10-5)7-4-13-8(9)12-7/h2-4H,1H3,(H2,9,12). The van der Waals surface area contributed by atoms with Crippen LogP contribution in [0.25, 0.3) is 11.4 Å². The van der Waals surface area contributed by atoms with Gasteiger partial charge < -0.3 is 5.73 Å². The first kappa shape index (κ1) is 8.12. The maximum Gasteiger partial charge on any atom is 0.180 e. The molecule has 2 N–H and O–H groups in total. The molecule has 0 spiro atoms. The Morgan fingerprint density at radius 1 is 1.23 bits per heavy atom. The molecule has 13 heavy (non-hydrogen) atoms. The molecule has 2 aromatic heterocycles. The van der Waals surface area contributed by atoms with Gasteiger partial charge in [0, 0.05) is 11.6 Å². The third-order valence-electron chi connectivity index (χ3n) is 1.57. The van der Waals surface area contributed by atoms with Crippen LogP contribution in [-0.4, -0.2) is 15.0 Å². The Balaban J connectivity index is 2.41. The molecule has 0 aliphatic carbocycles. The fraction of sp³-hybridized carbons (Fsp3) is 0.125. The first-order valence-electron chi connectivity index (χ1n) is 3.76.